The lowest BCUT2D eigenvalue weighted by molar-refractivity contribution is -0.151. The van der Waals surface area contributed by atoms with Gasteiger partial charge in [0.15, 0.2) is 0 Å². The molecule has 0 radical (unpaired) electrons. The summed E-state index contributed by atoms with van der Waals surface area (Å²) in [5, 5.41) is 11.6. The molecule has 1 saturated heterocycles. The molecule has 1 N–H and O–H groups in total. The van der Waals surface area contributed by atoms with E-state index in [1.54, 1.807) is 13.3 Å². The van der Waals surface area contributed by atoms with E-state index in [2.05, 4.69) is 22.0 Å². The lowest BCUT2D eigenvalue weighted by Gasteiger charge is -2.52. The molecule has 4 nitrogen and oxygen atoms in total. The molecule has 4 rings (SSSR count). The number of nitrogens with zero attached hydrogens (tertiary/aromatic N) is 2. The number of aromatic nitrogens is 1. The molecule has 2 atom stereocenters. The van der Waals surface area contributed by atoms with Gasteiger partial charge in [0.25, 0.3) is 0 Å². The maximum atomic E-state index is 11.6. The van der Waals surface area contributed by atoms with Crippen molar-refractivity contribution < 1.29 is 9.84 Å². The van der Waals surface area contributed by atoms with E-state index >= 15 is 0 Å². The quantitative estimate of drug-likeness (QED) is 0.930. The van der Waals surface area contributed by atoms with E-state index < -0.39 is 5.60 Å². The molecule has 4 heteroatoms. The first-order chi connectivity index (χ1) is 12.2. The Morgan fingerprint density at radius 3 is 2.64 bits per heavy atom. The van der Waals surface area contributed by atoms with Crippen molar-refractivity contribution in [1.29, 1.82) is 0 Å². The molecule has 2 fully saturated rings. The first kappa shape index (κ1) is 16.6. The molecule has 1 aromatic carbocycles. The molecule has 2 aromatic rings. The number of likely N-dealkylation sites (tertiary alicyclic amines) is 1. The van der Waals surface area contributed by atoms with E-state index in [0.29, 0.717) is 0 Å². The topological polar surface area (TPSA) is 45.6 Å². The van der Waals surface area contributed by atoms with E-state index in [1.165, 1.54) is 12.0 Å². The number of ether oxygens (including phenoxy) is 1. The van der Waals surface area contributed by atoms with E-state index in [1.807, 2.05) is 30.3 Å². The molecule has 2 heterocycles. The number of fused-ring (bicyclic) bond motifs is 2. The third-order valence-corrected chi connectivity index (χ3v) is 5.92. The Hall–Kier alpha value is -1.91. The second-order valence-corrected chi connectivity index (χ2v) is 7.41. The number of rotatable bonds is 4. The predicted molar refractivity (Wildman–Crippen MR) is 97.2 cm³/mol. The second kappa shape index (κ2) is 6.77. The van der Waals surface area contributed by atoms with Crippen molar-refractivity contribution in [3.8, 4) is 5.75 Å². The maximum Gasteiger partial charge on any atom is 0.119 e. The third kappa shape index (κ3) is 3.05. The summed E-state index contributed by atoms with van der Waals surface area (Å²) < 4.78 is 5.34. The van der Waals surface area contributed by atoms with E-state index in [9.17, 15) is 5.11 Å². The Morgan fingerprint density at radius 1 is 1.16 bits per heavy atom. The molecule has 2 aliphatic rings. The van der Waals surface area contributed by atoms with Crippen LogP contribution in [-0.2, 0) is 12.1 Å². The zero-order valence-electron chi connectivity index (χ0n) is 14.8. The average Bonchev–Trinajstić information content (AvgIpc) is 2.63. The molecule has 0 unspecified atom stereocenters. The van der Waals surface area contributed by atoms with Gasteiger partial charge in [-0.1, -0.05) is 24.6 Å². The van der Waals surface area contributed by atoms with Gasteiger partial charge >= 0.3 is 0 Å². The molecule has 1 aliphatic heterocycles. The van der Waals surface area contributed by atoms with Gasteiger partial charge in [0, 0.05) is 37.7 Å². The maximum absolute atomic E-state index is 11.6. The summed E-state index contributed by atoms with van der Waals surface area (Å²) in [6.07, 6.45) is 5.14. The van der Waals surface area contributed by atoms with Crippen LogP contribution in [0.3, 0.4) is 0 Å². The molecule has 0 spiro atoms. The van der Waals surface area contributed by atoms with Gasteiger partial charge in [0.2, 0.25) is 0 Å². The van der Waals surface area contributed by atoms with Crippen molar-refractivity contribution in [2.24, 2.45) is 11.8 Å². The van der Waals surface area contributed by atoms with E-state index in [4.69, 9.17) is 4.74 Å². The SMILES string of the molecule is COc1cccc(CN2C[C@@H]3CCC[C@@H](C2)C3(O)c2ccccn2)c1. The summed E-state index contributed by atoms with van der Waals surface area (Å²) in [6, 6.07) is 14.2. The Morgan fingerprint density at radius 2 is 1.96 bits per heavy atom. The smallest absolute Gasteiger partial charge is 0.119 e. The molecule has 2 bridgehead atoms. The molecule has 1 aliphatic carbocycles. The molecular formula is C21H26N2O2. The largest absolute Gasteiger partial charge is 0.497 e. The van der Waals surface area contributed by atoms with Crippen LogP contribution in [0.5, 0.6) is 5.75 Å². The van der Waals surface area contributed by atoms with Gasteiger partial charge in [-0.25, -0.2) is 0 Å². The van der Waals surface area contributed by atoms with E-state index in [-0.39, 0.29) is 11.8 Å². The van der Waals surface area contributed by atoms with Gasteiger partial charge in [-0.15, -0.1) is 0 Å². The Kier molecular flexibility index (Phi) is 4.48. The molecule has 1 aromatic heterocycles. The fourth-order valence-electron chi connectivity index (χ4n) is 4.72. The summed E-state index contributed by atoms with van der Waals surface area (Å²) in [6.45, 7) is 2.74. The molecule has 25 heavy (non-hydrogen) atoms. The first-order valence-corrected chi connectivity index (χ1v) is 9.19. The minimum atomic E-state index is -0.773. The van der Waals surface area contributed by atoms with Gasteiger partial charge in [0.05, 0.1) is 12.8 Å². The minimum Gasteiger partial charge on any atom is -0.497 e. The lowest BCUT2D eigenvalue weighted by atomic mass is 9.64. The van der Waals surface area contributed by atoms with Gasteiger partial charge in [-0.3, -0.25) is 9.88 Å². The lowest BCUT2D eigenvalue weighted by Crippen LogP contribution is -2.58. The highest BCUT2D eigenvalue weighted by molar-refractivity contribution is 5.28. The van der Waals surface area contributed by atoms with Crippen molar-refractivity contribution >= 4 is 0 Å². The highest BCUT2D eigenvalue weighted by atomic mass is 16.5. The van der Waals surface area contributed by atoms with Crippen molar-refractivity contribution in [3.63, 3.8) is 0 Å². The molecule has 132 valence electrons. The monoisotopic (exact) mass is 338 g/mol. The van der Waals surface area contributed by atoms with Crippen LogP contribution in [0.1, 0.15) is 30.5 Å². The average molecular weight is 338 g/mol. The number of hydrogen-bond acceptors (Lipinski definition) is 4. The molecule has 0 amide bonds. The molecular weight excluding hydrogens is 312 g/mol. The summed E-state index contributed by atoms with van der Waals surface area (Å²) in [5.74, 6) is 1.40. The number of pyridine rings is 1. The zero-order chi connectivity index (χ0) is 17.3. The summed E-state index contributed by atoms with van der Waals surface area (Å²) in [5.41, 5.74) is 1.34. The number of methoxy groups -OCH3 is 1. The van der Waals surface area contributed by atoms with Crippen LogP contribution in [0.15, 0.2) is 48.7 Å². The number of piperidine rings is 1. The van der Waals surface area contributed by atoms with Gasteiger partial charge in [0.1, 0.15) is 11.4 Å². The molecule has 1 saturated carbocycles. The Labute approximate surface area is 149 Å². The fraction of sp³-hybridized carbons (Fsp3) is 0.476. The normalized spacial score (nSPS) is 29.4. The van der Waals surface area contributed by atoms with Crippen LogP contribution in [0.2, 0.25) is 0 Å². The van der Waals surface area contributed by atoms with Crippen molar-refractivity contribution in [3.05, 3.63) is 59.9 Å². The van der Waals surface area contributed by atoms with Crippen LogP contribution in [0.4, 0.5) is 0 Å². The van der Waals surface area contributed by atoms with Crippen LogP contribution in [-0.4, -0.2) is 35.2 Å². The summed E-state index contributed by atoms with van der Waals surface area (Å²) >= 11 is 0. The third-order valence-electron chi connectivity index (χ3n) is 5.92. The standard InChI is InChI=1S/C21H26N2O2/c1-25-19-9-4-6-16(12-19)13-23-14-17-7-5-8-18(15-23)21(17,24)20-10-2-3-11-22-20/h2-4,6,9-12,17-18,24H,5,7-8,13-15H2,1H3/t17-,18-/m0/s1. The van der Waals surface area contributed by atoms with Gasteiger partial charge < -0.3 is 9.84 Å². The number of hydrogen-bond donors (Lipinski definition) is 1. The summed E-state index contributed by atoms with van der Waals surface area (Å²) in [7, 11) is 1.71. The van der Waals surface area contributed by atoms with Crippen LogP contribution in [0, 0.1) is 11.8 Å². The Balaban J connectivity index is 1.55. The second-order valence-electron chi connectivity index (χ2n) is 7.41. The van der Waals surface area contributed by atoms with Crippen LogP contribution < -0.4 is 4.74 Å². The van der Waals surface area contributed by atoms with Gasteiger partial charge in [-0.05, 0) is 42.7 Å². The highest BCUT2D eigenvalue weighted by Gasteiger charge is 2.52. The zero-order valence-corrected chi connectivity index (χ0v) is 14.8. The number of aliphatic hydroxyl groups is 1. The van der Waals surface area contributed by atoms with Crippen molar-refractivity contribution in [2.45, 2.75) is 31.4 Å². The van der Waals surface area contributed by atoms with Gasteiger partial charge in [-0.2, -0.15) is 0 Å². The van der Waals surface area contributed by atoms with Crippen molar-refractivity contribution in [2.75, 3.05) is 20.2 Å². The highest BCUT2D eigenvalue weighted by Crippen LogP contribution is 2.48. The van der Waals surface area contributed by atoms with Crippen LogP contribution >= 0.6 is 0 Å². The minimum absolute atomic E-state index is 0.250. The fourth-order valence-corrected chi connectivity index (χ4v) is 4.72. The van der Waals surface area contributed by atoms with E-state index in [0.717, 1.165) is 43.9 Å². The Bertz CT molecular complexity index is 705. The van der Waals surface area contributed by atoms with Crippen molar-refractivity contribution in [1.82, 2.24) is 9.88 Å². The first-order valence-electron chi connectivity index (χ1n) is 9.19. The number of benzene rings is 1. The predicted octanol–water partition coefficient (Wildman–Crippen LogP) is 3.21. The van der Waals surface area contributed by atoms with Crippen LogP contribution in [0.25, 0.3) is 0 Å². The summed E-state index contributed by atoms with van der Waals surface area (Å²) in [4.78, 5) is 6.99.